The van der Waals surface area contributed by atoms with E-state index < -0.39 is 0 Å². The Morgan fingerprint density at radius 1 is 1.28 bits per heavy atom. The number of hydrogen-bond donors (Lipinski definition) is 2. The Hall–Kier alpha value is -0.120. The van der Waals surface area contributed by atoms with Crippen molar-refractivity contribution >= 4 is 0 Å². The van der Waals surface area contributed by atoms with Crippen LogP contribution in [0.2, 0.25) is 0 Å². The number of likely N-dealkylation sites (tertiary alicyclic amines) is 1. The second-order valence-corrected chi connectivity index (χ2v) is 6.41. The van der Waals surface area contributed by atoms with E-state index in [0.29, 0.717) is 0 Å². The van der Waals surface area contributed by atoms with Gasteiger partial charge in [-0.1, -0.05) is 13.3 Å². The second kappa shape index (κ2) is 6.36. The fraction of sp³-hybridized carbons (Fsp3) is 1.00. The fourth-order valence-electron chi connectivity index (χ4n) is 3.84. The molecule has 1 aliphatic carbocycles. The highest BCUT2D eigenvalue weighted by atomic mass is 16.3. The molecule has 3 heteroatoms. The predicted octanol–water partition coefficient (Wildman–Crippen LogP) is 2.13. The first-order valence-electron chi connectivity index (χ1n) is 7.82. The molecule has 1 heterocycles. The van der Waals surface area contributed by atoms with Gasteiger partial charge < -0.3 is 15.7 Å². The summed E-state index contributed by atoms with van der Waals surface area (Å²) in [5.41, 5.74) is 5.81. The zero-order valence-corrected chi connectivity index (χ0v) is 11.9. The predicted molar refractivity (Wildman–Crippen MR) is 75.5 cm³/mol. The van der Waals surface area contributed by atoms with Crippen LogP contribution in [-0.4, -0.2) is 41.3 Å². The Morgan fingerprint density at radius 3 is 2.78 bits per heavy atom. The van der Waals surface area contributed by atoms with Gasteiger partial charge in [0.25, 0.3) is 0 Å². The molecule has 3 N–H and O–H groups in total. The molecule has 0 bridgehead atoms. The zero-order valence-electron chi connectivity index (χ0n) is 11.9. The van der Waals surface area contributed by atoms with Crippen LogP contribution in [0.4, 0.5) is 0 Å². The maximum Gasteiger partial charge on any atom is 0.0611 e. The summed E-state index contributed by atoms with van der Waals surface area (Å²) < 4.78 is 0. The third-order valence-corrected chi connectivity index (χ3v) is 5.25. The van der Waals surface area contributed by atoms with E-state index >= 15 is 0 Å². The monoisotopic (exact) mass is 254 g/mol. The molecule has 3 unspecified atom stereocenters. The molecule has 3 nitrogen and oxygen atoms in total. The van der Waals surface area contributed by atoms with E-state index in [-0.39, 0.29) is 12.1 Å². The lowest BCUT2D eigenvalue weighted by molar-refractivity contribution is 0.104. The first kappa shape index (κ1) is 14.3. The van der Waals surface area contributed by atoms with Crippen molar-refractivity contribution in [2.24, 2.45) is 11.7 Å². The summed E-state index contributed by atoms with van der Waals surface area (Å²) in [5.74, 6) is 0.977. The molecule has 0 aromatic carbocycles. The molecule has 0 aromatic heterocycles. The molecule has 2 fully saturated rings. The van der Waals surface area contributed by atoms with Gasteiger partial charge in [0.1, 0.15) is 0 Å². The van der Waals surface area contributed by atoms with Crippen LogP contribution in [0, 0.1) is 5.92 Å². The third kappa shape index (κ3) is 3.25. The Morgan fingerprint density at radius 2 is 2.06 bits per heavy atom. The van der Waals surface area contributed by atoms with Gasteiger partial charge in [0.05, 0.1) is 6.61 Å². The van der Waals surface area contributed by atoms with E-state index in [9.17, 15) is 5.11 Å². The van der Waals surface area contributed by atoms with Crippen LogP contribution < -0.4 is 5.73 Å². The van der Waals surface area contributed by atoms with Crippen LogP contribution in [0.5, 0.6) is 0 Å². The van der Waals surface area contributed by atoms with Gasteiger partial charge in [0.2, 0.25) is 0 Å². The van der Waals surface area contributed by atoms with Crippen LogP contribution in [0.15, 0.2) is 0 Å². The molecule has 0 radical (unpaired) electrons. The number of rotatable bonds is 6. The van der Waals surface area contributed by atoms with Crippen molar-refractivity contribution in [2.45, 2.75) is 69.9 Å². The van der Waals surface area contributed by atoms with Crippen LogP contribution in [0.1, 0.15) is 58.3 Å². The minimum absolute atomic E-state index is 0.121. The normalized spacial score (nSPS) is 32.2. The molecule has 0 spiro atoms. The largest absolute Gasteiger partial charge is 0.394 e. The number of fused-ring (bicyclic) bond motifs is 1. The molecular formula is C15H30N2O. The van der Waals surface area contributed by atoms with Crippen molar-refractivity contribution in [1.82, 2.24) is 4.90 Å². The molecular weight excluding hydrogens is 224 g/mol. The number of nitrogens with zero attached hydrogens (tertiary/aromatic N) is 1. The molecule has 1 saturated heterocycles. The fourth-order valence-corrected chi connectivity index (χ4v) is 3.84. The quantitative estimate of drug-likeness (QED) is 0.763. The maximum absolute atomic E-state index is 9.33. The van der Waals surface area contributed by atoms with E-state index in [1.165, 1.54) is 45.2 Å². The summed E-state index contributed by atoms with van der Waals surface area (Å²) >= 11 is 0. The van der Waals surface area contributed by atoms with E-state index in [0.717, 1.165) is 31.2 Å². The number of piperidine rings is 1. The van der Waals surface area contributed by atoms with E-state index in [1.54, 1.807) is 0 Å². The summed E-state index contributed by atoms with van der Waals surface area (Å²) in [6, 6.07) is 0.863. The lowest BCUT2D eigenvalue weighted by atomic mass is 9.90. The van der Waals surface area contributed by atoms with Crippen LogP contribution >= 0.6 is 0 Å². The molecule has 1 aliphatic heterocycles. The van der Waals surface area contributed by atoms with Gasteiger partial charge in [-0.3, -0.25) is 0 Å². The van der Waals surface area contributed by atoms with Gasteiger partial charge >= 0.3 is 0 Å². The Balaban J connectivity index is 1.76. The summed E-state index contributed by atoms with van der Waals surface area (Å²) in [4.78, 5) is 2.70. The molecule has 0 amide bonds. The van der Waals surface area contributed by atoms with Crippen molar-refractivity contribution in [3.8, 4) is 0 Å². The Kier molecular flexibility index (Phi) is 5.05. The highest BCUT2D eigenvalue weighted by Gasteiger charge is 2.34. The number of hydrogen-bond acceptors (Lipinski definition) is 3. The van der Waals surface area contributed by atoms with E-state index in [1.807, 2.05) is 0 Å². The molecule has 3 atom stereocenters. The molecule has 1 saturated carbocycles. The lowest BCUT2D eigenvalue weighted by Crippen LogP contribution is -2.46. The standard InChI is InChI=1S/C15H30N2O/c1-2-15(16,12-18)9-5-11-17-10-4-7-13-6-3-8-14(13)17/h13-14,18H,2-12,16H2,1H3. The van der Waals surface area contributed by atoms with Gasteiger partial charge in [0.15, 0.2) is 0 Å². The Labute approximate surface area is 112 Å². The smallest absolute Gasteiger partial charge is 0.0611 e. The molecule has 2 rings (SSSR count). The van der Waals surface area contributed by atoms with Crippen molar-refractivity contribution < 1.29 is 5.11 Å². The minimum Gasteiger partial charge on any atom is -0.394 e. The molecule has 0 aromatic rings. The number of aliphatic hydroxyl groups is 1. The topological polar surface area (TPSA) is 49.5 Å². The van der Waals surface area contributed by atoms with Gasteiger partial charge in [-0.15, -0.1) is 0 Å². The maximum atomic E-state index is 9.33. The van der Waals surface area contributed by atoms with Crippen molar-refractivity contribution in [1.29, 1.82) is 0 Å². The highest BCUT2D eigenvalue weighted by molar-refractivity contribution is 4.89. The minimum atomic E-state index is -0.342. The second-order valence-electron chi connectivity index (χ2n) is 6.41. The summed E-state index contributed by atoms with van der Waals surface area (Å²) in [6.07, 6.45) is 10.1. The van der Waals surface area contributed by atoms with Gasteiger partial charge in [-0.2, -0.15) is 0 Å². The number of aliphatic hydroxyl groups excluding tert-OH is 1. The third-order valence-electron chi connectivity index (χ3n) is 5.25. The summed E-state index contributed by atoms with van der Waals surface area (Å²) in [6.45, 7) is 4.66. The van der Waals surface area contributed by atoms with Gasteiger partial charge in [-0.05, 0) is 64.0 Å². The first-order chi connectivity index (χ1) is 8.68. The van der Waals surface area contributed by atoms with E-state index in [4.69, 9.17) is 5.73 Å². The average Bonchev–Trinajstić information content (AvgIpc) is 2.87. The van der Waals surface area contributed by atoms with Crippen molar-refractivity contribution in [2.75, 3.05) is 19.7 Å². The first-order valence-corrected chi connectivity index (χ1v) is 7.82. The lowest BCUT2D eigenvalue weighted by Gasteiger charge is -2.38. The van der Waals surface area contributed by atoms with Gasteiger partial charge in [0, 0.05) is 11.6 Å². The Bertz CT molecular complexity index is 253. The van der Waals surface area contributed by atoms with Crippen molar-refractivity contribution in [3.05, 3.63) is 0 Å². The van der Waals surface area contributed by atoms with Crippen LogP contribution in [0.25, 0.3) is 0 Å². The van der Waals surface area contributed by atoms with Crippen molar-refractivity contribution in [3.63, 3.8) is 0 Å². The molecule has 18 heavy (non-hydrogen) atoms. The van der Waals surface area contributed by atoms with Crippen LogP contribution in [-0.2, 0) is 0 Å². The van der Waals surface area contributed by atoms with E-state index in [2.05, 4.69) is 11.8 Å². The average molecular weight is 254 g/mol. The summed E-state index contributed by atoms with van der Waals surface area (Å²) in [5, 5.41) is 9.33. The number of nitrogens with two attached hydrogens (primary N) is 1. The summed E-state index contributed by atoms with van der Waals surface area (Å²) in [7, 11) is 0. The molecule has 106 valence electrons. The SMILES string of the molecule is CCC(N)(CO)CCCN1CCCC2CCCC21. The van der Waals surface area contributed by atoms with Crippen LogP contribution in [0.3, 0.4) is 0 Å². The molecule has 2 aliphatic rings. The zero-order chi connectivity index (χ0) is 13.0. The van der Waals surface area contributed by atoms with Gasteiger partial charge in [-0.25, -0.2) is 0 Å². The highest BCUT2D eigenvalue weighted by Crippen LogP contribution is 2.36.